The van der Waals surface area contributed by atoms with E-state index in [4.69, 9.17) is 5.11 Å². The third-order valence-electron chi connectivity index (χ3n) is 1.92. The molecule has 2 aromatic rings. The molecule has 0 aliphatic carbocycles. The van der Waals surface area contributed by atoms with Crippen molar-refractivity contribution >= 4 is 28.3 Å². The molecule has 18 heavy (non-hydrogen) atoms. The summed E-state index contributed by atoms with van der Waals surface area (Å²) in [5.41, 5.74) is 0.554. The Balaban J connectivity index is 2.06. The molecule has 0 saturated carbocycles. The minimum Gasteiger partial charge on any atom is -0.476 e. The Bertz CT molecular complexity index is 591. The van der Waals surface area contributed by atoms with Crippen LogP contribution in [-0.4, -0.2) is 37.0 Å². The van der Waals surface area contributed by atoms with Crippen LogP contribution in [0.15, 0.2) is 11.6 Å². The molecule has 2 aromatic heterocycles. The van der Waals surface area contributed by atoms with Crippen LogP contribution in [0.3, 0.4) is 0 Å². The number of anilines is 1. The zero-order valence-corrected chi connectivity index (χ0v) is 10.1. The van der Waals surface area contributed by atoms with Gasteiger partial charge in [-0.25, -0.2) is 14.5 Å². The number of carboxylic acid groups (broad SMARTS) is 1. The number of carbonyl (C=O) groups excluding carboxylic acids is 1. The van der Waals surface area contributed by atoms with E-state index in [0.717, 1.165) is 0 Å². The highest BCUT2D eigenvalue weighted by molar-refractivity contribution is 7.13. The molecule has 2 heterocycles. The lowest BCUT2D eigenvalue weighted by Gasteiger charge is -1.95. The summed E-state index contributed by atoms with van der Waals surface area (Å²) in [6.45, 7) is 1.70. The molecule has 0 aliphatic rings. The Morgan fingerprint density at radius 1 is 1.56 bits per heavy atom. The Morgan fingerprint density at radius 2 is 2.33 bits per heavy atom. The van der Waals surface area contributed by atoms with E-state index < -0.39 is 5.97 Å². The van der Waals surface area contributed by atoms with Crippen LogP contribution in [0.4, 0.5) is 5.13 Å². The van der Waals surface area contributed by atoms with Crippen molar-refractivity contribution in [3.8, 4) is 0 Å². The third-order valence-corrected chi connectivity index (χ3v) is 2.72. The number of nitrogens with one attached hydrogen (secondary N) is 1. The number of amides is 1. The molecule has 0 aromatic carbocycles. The molecule has 0 aliphatic heterocycles. The van der Waals surface area contributed by atoms with Crippen molar-refractivity contribution in [2.75, 3.05) is 5.32 Å². The predicted molar refractivity (Wildman–Crippen MR) is 62.5 cm³/mol. The zero-order valence-electron chi connectivity index (χ0n) is 9.32. The number of thiazole rings is 1. The molecule has 2 N–H and O–H groups in total. The van der Waals surface area contributed by atoms with Gasteiger partial charge in [-0.1, -0.05) is 5.21 Å². The molecule has 9 heteroatoms. The van der Waals surface area contributed by atoms with Gasteiger partial charge in [-0.05, 0) is 0 Å². The van der Waals surface area contributed by atoms with E-state index in [0.29, 0.717) is 17.4 Å². The molecule has 0 atom stereocenters. The van der Waals surface area contributed by atoms with Gasteiger partial charge in [0.05, 0.1) is 18.4 Å². The van der Waals surface area contributed by atoms with Crippen molar-refractivity contribution < 1.29 is 14.7 Å². The second-order valence-electron chi connectivity index (χ2n) is 3.43. The number of aromatic carboxylic acids is 1. The van der Waals surface area contributed by atoms with Gasteiger partial charge in [0.25, 0.3) is 0 Å². The number of nitrogens with zero attached hydrogens (tertiary/aromatic N) is 4. The summed E-state index contributed by atoms with van der Waals surface area (Å²) in [5.74, 6) is -1.32. The fourth-order valence-corrected chi connectivity index (χ4v) is 1.97. The topological polar surface area (TPSA) is 110 Å². The molecule has 0 fully saturated rings. The third kappa shape index (κ3) is 2.88. The average Bonchev–Trinajstić information content (AvgIpc) is 2.88. The summed E-state index contributed by atoms with van der Waals surface area (Å²) >= 11 is 1.29. The van der Waals surface area contributed by atoms with Crippen molar-refractivity contribution in [2.24, 2.45) is 0 Å². The quantitative estimate of drug-likeness (QED) is 0.831. The van der Waals surface area contributed by atoms with E-state index >= 15 is 0 Å². The summed E-state index contributed by atoms with van der Waals surface area (Å²) in [6.07, 6.45) is 1.32. The first-order valence-corrected chi connectivity index (χ1v) is 5.78. The summed E-state index contributed by atoms with van der Waals surface area (Å²) in [4.78, 5) is 25.6. The summed E-state index contributed by atoms with van der Waals surface area (Å²) in [7, 11) is 0. The minimum absolute atomic E-state index is 0.118. The Hall–Kier alpha value is -2.29. The van der Waals surface area contributed by atoms with Crippen molar-refractivity contribution in [1.82, 2.24) is 20.0 Å². The van der Waals surface area contributed by atoms with E-state index in [1.807, 2.05) is 0 Å². The van der Waals surface area contributed by atoms with Crippen molar-refractivity contribution in [3.05, 3.63) is 23.0 Å². The zero-order chi connectivity index (χ0) is 13.1. The summed E-state index contributed by atoms with van der Waals surface area (Å²) in [5, 5.41) is 20.7. The standard InChI is InChI=1S/C9H9N5O3S/c1-5(15)10-9-11-6(4-18-9)2-14-3-7(8(16)17)12-13-14/h3-4H,2H2,1H3,(H,16,17)(H,10,11,15). The van der Waals surface area contributed by atoms with Crippen molar-refractivity contribution in [2.45, 2.75) is 13.5 Å². The Labute approximate surface area is 105 Å². The second kappa shape index (κ2) is 4.92. The molecular weight excluding hydrogens is 258 g/mol. The average molecular weight is 267 g/mol. The van der Waals surface area contributed by atoms with E-state index in [1.165, 1.54) is 29.1 Å². The SMILES string of the molecule is CC(=O)Nc1nc(Cn2cc(C(=O)O)nn2)cs1. The first-order valence-electron chi connectivity index (χ1n) is 4.90. The van der Waals surface area contributed by atoms with Gasteiger partial charge in [-0.3, -0.25) is 4.79 Å². The largest absolute Gasteiger partial charge is 0.476 e. The molecule has 0 spiro atoms. The highest BCUT2D eigenvalue weighted by Gasteiger charge is 2.10. The maximum Gasteiger partial charge on any atom is 0.358 e. The monoisotopic (exact) mass is 267 g/mol. The molecule has 94 valence electrons. The van der Waals surface area contributed by atoms with Crippen LogP contribution >= 0.6 is 11.3 Å². The van der Waals surface area contributed by atoms with Crippen LogP contribution in [-0.2, 0) is 11.3 Å². The lowest BCUT2D eigenvalue weighted by atomic mass is 10.4. The van der Waals surface area contributed by atoms with E-state index in [9.17, 15) is 9.59 Å². The van der Waals surface area contributed by atoms with Crippen LogP contribution in [0.1, 0.15) is 23.1 Å². The fourth-order valence-electron chi connectivity index (χ4n) is 1.23. The van der Waals surface area contributed by atoms with E-state index in [2.05, 4.69) is 20.6 Å². The van der Waals surface area contributed by atoms with Crippen molar-refractivity contribution in [1.29, 1.82) is 0 Å². The first-order chi connectivity index (χ1) is 8.54. The van der Waals surface area contributed by atoms with Crippen LogP contribution in [0, 0.1) is 0 Å². The molecule has 8 nitrogen and oxygen atoms in total. The highest BCUT2D eigenvalue weighted by Crippen LogP contribution is 2.15. The molecule has 2 rings (SSSR count). The Kier molecular flexibility index (Phi) is 3.33. The maximum absolute atomic E-state index is 10.8. The molecule has 0 bridgehead atoms. The molecule has 1 amide bonds. The number of aromatic nitrogens is 4. The van der Waals surface area contributed by atoms with Crippen LogP contribution < -0.4 is 5.32 Å². The van der Waals surface area contributed by atoms with Gasteiger partial charge in [0.2, 0.25) is 5.91 Å². The lowest BCUT2D eigenvalue weighted by molar-refractivity contribution is -0.114. The van der Waals surface area contributed by atoms with Crippen LogP contribution in [0.5, 0.6) is 0 Å². The van der Waals surface area contributed by atoms with Gasteiger partial charge in [-0.2, -0.15) is 0 Å². The number of carboxylic acids is 1. The number of rotatable bonds is 4. The second-order valence-corrected chi connectivity index (χ2v) is 4.29. The fraction of sp³-hybridized carbons (Fsp3) is 0.222. The molecular formula is C9H9N5O3S. The van der Waals surface area contributed by atoms with Gasteiger partial charge >= 0.3 is 5.97 Å². The van der Waals surface area contributed by atoms with Gasteiger partial charge < -0.3 is 10.4 Å². The van der Waals surface area contributed by atoms with Gasteiger partial charge in [0, 0.05) is 12.3 Å². The van der Waals surface area contributed by atoms with E-state index in [-0.39, 0.29) is 11.6 Å². The van der Waals surface area contributed by atoms with Crippen molar-refractivity contribution in [3.63, 3.8) is 0 Å². The smallest absolute Gasteiger partial charge is 0.358 e. The van der Waals surface area contributed by atoms with Crippen LogP contribution in [0.2, 0.25) is 0 Å². The molecule has 0 radical (unpaired) electrons. The van der Waals surface area contributed by atoms with Gasteiger partial charge in [0.1, 0.15) is 0 Å². The maximum atomic E-state index is 10.8. The molecule has 0 saturated heterocycles. The lowest BCUT2D eigenvalue weighted by Crippen LogP contribution is -2.06. The molecule has 0 unspecified atom stereocenters. The Morgan fingerprint density at radius 3 is 2.94 bits per heavy atom. The van der Waals surface area contributed by atoms with Gasteiger partial charge in [-0.15, -0.1) is 16.4 Å². The predicted octanol–water partition coefficient (Wildman–Crippen LogP) is 0.439. The van der Waals surface area contributed by atoms with Gasteiger partial charge in [0.15, 0.2) is 10.8 Å². The first kappa shape index (κ1) is 12.2. The normalized spacial score (nSPS) is 10.3. The number of hydrogen-bond donors (Lipinski definition) is 2. The summed E-state index contributed by atoms with van der Waals surface area (Å²) < 4.78 is 1.37. The minimum atomic E-state index is -1.13. The highest BCUT2D eigenvalue weighted by atomic mass is 32.1. The van der Waals surface area contributed by atoms with Crippen LogP contribution in [0.25, 0.3) is 0 Å². The number of hydrogen-bond acceptors (Lipinski definition) is 6. The summed E-state index contributed by atoms with van der Waals surface area (Å²) in [6, 6.07) is 0. The number of carbonyl (C=O) groups is 2. The van der Waals surface area contributed by atoms with E-state index in [1.54, 1.807) is 5.38 Å².